The molecule has 11 nitrogen and oxygen atoms in total. The van der Waals surface area contributed by atoms with Crippen molar-refractivity contribution in [2.45, 2.75) is 56.7 Å². The third kappa shape index (κ3) is 7.88. The summed E-state index contributed by atoms with van der Waals surface area (Å²) in [6, 6.07) is 4.23. The Morgan fingerprint density at radius 3 is 2.36 bits per heavy atom. The molecule has 2 aromatic rings. The highest BCUT2D eigenvalue weighted by molar-refractivity contribution is 5.92. The van der Waals surface area contributed by atoms with Crippen LogP contribution in [0.1, 0.15) is 37.7 Å². The van der Waals surface area contributed by atoms with Crippen LogP contribution in [-0.4, -0.2) is 58.5 Å². The number of carboxylic acid groups (broad SMARTS) is 1. The Morgan fingerprint density at radius 1 is 1.00 bits per heavy atom. The lowest BCUT2D eigenvalue weighted by Gasteiger charge is -2.23. The van der Waals surface area contributed by atoms with Gasteiger partial charge in [0.2, 0.25) is 17.7 Å². The van der Waals surface area contributed by atoms with Gasteiger partial charge in [-0.15, -0.1) is 0 Å². The smallest absolute Gasteiger partial charge is 0.326 e. The maximum absolute atomic E-state index is 12.9. The van der Waals surface area contributed by atoms with Crippen LogP contribution < -0.4 is 27.8 Å². The summed E-state index contributed by atoms with van der Waals surface area (Å²) in [6.07, 6.45) is 3.19. The van der Waals surface area contributed by atoms with Gasteiger partial charge in [-0.2, -0.15) is 0 Å². The molecular formula is C22H32N6O5. The second-order valence-electron chi connectivity index (χ2n) is 7.92. The molecule has 1 aromatic heterocycles. The van der Waals surface area contributed by atoms with Gasteiger partial charge in [0, 0.05) is 29.9 Å². The summed E-state index contributed by atoms with van der Waals surface area (Å²) >= 11 is 0. The van der Waals surface area contributed by atoms with Gasteiger partial charge >= 0.3 is 5.97 Å². The Bertz CT molecular complexity index is 975. The van der Waals surface area contributed by atoms with Crippen molar-refractivity contribution in [2.75, 3.05) is 6.54 Å². The molecule has 3 amide bonds. The number of nitrogens with two attached hydrogens (primary N) is 3. The lowest BCUT2D eigenvalue weighted by Crippen LogP contribution is -2.54. The van der Waals surface area contributed by atoms with Gasteiger partial charge in [-0.05, 0) is 43.9 Å². The molecule has 3 atom stereocenters. The Labute approximate surface area is 191 Å². The summed E-state index contributed by atoms with van der Waals surface area (Å²) < 4.78 is 0. The molecule has 0 bridgehead atoms. The van der Waals surface area contributed by atoms with E-state index in [1.165, 1.54) is 0 Å². The van der Waals surface area contributed by atoms with E-state index >= 15 is 0 Å². The number of H-pyrrole nitrogens is 1. The van der Waals surface area contributed by atoms with Crippen LogP contribution in [0.3, 0.4) is 0 Å². The van der Waals surface area contributed by atoms with E-state index in [0.29, 0.717) is 19.4 Å². The molecule has 0 aliphatic carbocycles. The van der Waals surface area contributed by atoms with Crippen LogP contribution in [0, 0.1) is 0 Å². The van der Waals surface area contributed by atoms with Crippen molar-refractivity contribution in [1.82, 2.24) is 15.6 Å². The summed E-state index contributed by atoms with van der Waals surface area (Å²) in [5.41, 5.74) is 18.0. The number of rotatable bonds is 14. The van der Waals surface area contributed by atoms with E-state index in [2.05, 4.69) is 15.6 Å². The number of carbonyl (C=O) groups is 4. The van der Waals surface area contributed by atoms with Gasteiger partial charge in [-0.1, -0.05) is 18.2 Å². The summed E-state index contributed by atoms with van der Waals surface area (Å²) in [4.78, 5) is 51.2. The van der Waals surface area contributed by atoms with E-state index in [4.69, 9.17) is 17.2 Å². The molecule has 0 fully saturated rings. The molecule has 11 heteroatoms. The number of fused-ring (bicyclic) bond motifs is 1. The summed E-state index contributed by atoms with van der Waals surface area (Å²) in [6.45, 7) is 0.415. The molecule has 1 aromatic carbocycles. The highest BCUT2D eigenvalue weighted by Crippen LogP contribution is 2.19. The predicted octanol–water partition coefficient (Wildman–Crippen LogP) is -0.514. The molecule has 0 aliphatic rings. The van der Waals surface area contributed by atoms with Crippen LogP contribution in [0.15, 0.2) is 30.5 Å². The van der Waals surface area contributed by atoms with Crippen molar-refractivity contribution >= 4 is 34.6 Å². The van der Waals surface area contributed by atoms with Gasteiger partial charge in [-0.3, -0.25) is 14.4 Å². The zero-order chi connectivity index (χ0) is 24.4. The summed E-state index contributed by atoms with van der Waals surface area (Å²) in [5, 5.41) is 15.6. The molecule has 33 heavy (non-hydrogen) atoms. The molecule has 1 heterocycles. The fraction of sp³-hybridized carbons (Fsp3) is 0.455. The summed E-state index contributed by atoms with van der Waals surface area (Å²) in [5.74, 6) is -3.03. The predicted molar refractivity (Wildman–Crippen MR) is 123 cm³/mol. The third-order valence-corrected chi connectivity index (χ3v) is 5.33. The molecule has 180 valence electrons. The first-order valence-electron chi connectivity index (χ1n) is 10.9. The van der Waals surface area contributed by atoms with Crippen molar-refractivity contribution in [3.8, 4) is 0 Å². The van der Waals surface area contributed by atoms with E-state index in [1.54, 1.807) is 6.20 Å². The first-order chi connectivity index (χ1) is 15.7. The van der Waals surface area contributed by atoms with Crippen LogP contribution >= 0.6 is 0 Å². The molecule has 0 aliphatic heterocycles. The number of hydrogen-bond donors (Lipinski definition) is 7. The van der Waals surface area contributed by atoms with Crippen molar-refractivity contribution < 1.29 is 24.3 Å². The van der Waals surface area contributed by atoms with Gasteiger partial charge < -0.3 is 37.9 Å². The van der Waals surface area contributed by atoms with E-state index in [9.17, 15) is 24.3 Å². The number of hydrogen-bond acceptors (Lipinski definition) is 6. The average molecular weight is 461 g/mol. The fourth-order valence-electron chi connectivity index (χ4n) is 3.46. The number of unbranched alkanes of at least 4 members (excludes halogenated alkanes) is 1. The number of para-hydroxylation sites is 1. The number of carbonyl (C=O) groups excluding carboxylic acids is 3. The number of nitrogens with one attached hydrogen (secondary N) is 3. The number of benzene rings is 1. The fourth-order valence-corrected chi connectivity index (χ4v) is 3.46. The van der Waals surface area contributed by atoms with Gasteiger partial charge in [0.1, 0.15) is 12.1 Å². The number of aromatic amines is 1. The molecule has 10 N–H and O–H groups in total. The zero-order valence-electron chi connectivity index (χ0n) is 18.4. The lowest BCUT2D eigenvalue weighted by atomic mass is 10.0. The molecule has 2 rings (SSSR count). The largest absolute Gasteiger partial charge is 0.480 e. The van der Waals surface area contributed by atoms with Gasteiger partial charge in [0.15, 0.2) is 0 Å². The highest BCUT2D eigenvalue weighted by Gasteiger charge is 2.28. The van der Waals surface area contributed by atoms with E-state index in [0.717, 1.165) is 16.5 Å². The second kappa shape index (κ2) is 12.6. The van der Waals surface area contributed by atoms with Crippen LogP contribution in [0.5, 0.6) is 0 Å². The van der Waals surface area contributed by atoms with E-state index in [1.807, 2.05) is 24.3 Å². The maximum Gasteiger partial charge on any atom is 0.326 e. The number of amides is 3. The Balaban J connectivity index is 2.09. The average Bonchev–Trinajstić information content (AvgIpc) is 3.19. The topological polar surface area (TPSA) is 206 Å². The van der Waals surface area contributed by atoms with Crippen LogP contribution in [0.25, 0.3) is 10.9 Å². The zero-order valence-corrected chi connectivity index (χ0v) is 18.4. The first-order valence-corrected chi connectivity index (χ1v) is 10.9. The van der Waals surface area contributed by atoms with Gasteiger partial charge in [0.05, 0.1) is 6.04 Å². The number of carboxylic acids is 1. The number of aliphatic carboxylic acids is 1. The van der Waals surface area contributed by atoms with Gasteiger partial charge in [-0.25, -0.2) is 4.79 Å². The normalized spacial score (nSPS) is 13.8. The van der Waals surface area contributed by atoms with E-state index < -0.39 is 41.8 Å². The molecule has 0 saturated heterocycles. The second-order valence-corrected chi connectivity index (χ2v) is 7.92. The lowest BCUT2D eigenvalue weighted by molar-refractivity contribution is -0.142. The molecule has 0 spiro atoms. The minimum atomic E-state index is -1.20. The van der Waals surface area contributed by atoms with Crippen molar-refractivity contribution in [3.05, 3.63) is 36.0 Å². The molecular weight excluding hydrogens is 428 g/mol. The Morgan fingerprint density at radius 2 is 1.70 bits per heavy atom. The standard InChI is InChI=1S/C22H32N6O5/c23-10-4-3-7-17(27-20(30)15(24)8-9-19(25)29)21(31)28-18(22(32)33)11-13-12-26-16-6-2-1-5-14(13)16/h1-2,5-6,12,15,17-18,26H,3-4,7-11,23-24H2,(H2,25,29)(H,27,30)(H,28,31)(H,32,33)/t15-,17-,18-/m0/s1. The Hall–Kier alpha value is -3.44. The number of aromatic nitrogens is 1. The van der Waals surface area contributed by atoms with Crippen LogP contribution in [0.2, 0.25) is 0 Å². The number of primary amides is 1. The first kappa shape index (κ1) is 25.8. The maximum atomic E-state index is 12.9. The summed E-state index contributed by atoms with van der Waals surface area (Å²) in [7, 11) is 0. The highest BCUT2D eigenvalue weighted by atomic mass is 16.4. The third-order valence-electron chi connectivity index (χ3n) is 5.33. The quantitative estimate of drug-likeness (QED) is 0.183. The van der Waals surface area contributed by atoms with Gasteiger partial charge in [0.25, 0.3) is 0 Å². The van der Waals surface area contributed by atoms with Crippen molar-refractivity contribution in [3.63, 3.8) is 0 Å². The van der Waals surface area contributed by atoms with Crippen LogP contribution in [-0.2, 0) is 25.6 Å². The minimum Gasteiger partial charge on any atom is -0.480 e. The van der Waals surface area contributed by atoms with E-state index in [-0.39, 0.29) is 25.7 Å². The SMILES string of the molecule is NCCCC[C@H](NC(=O)[C@@H](N)CCC(N)=O)C(=O)N[C@@H](Cc1c[nH]c2ccccc12)C(=O)O. The van der Waals surface area contributed by atoms with Crippen molar-refractivity contribution in [2.24, 2.45) is 17.2 Å². The molecule has 0 unspecified atom stereocenters. The Kier molecular flexibility index (Phi) is 9.83. The molecule has 0 saturated carbocycles. The minimum absolute atomic E-state index is 0.0383. The van der Waals surface area contributed by atoms with Crippen LogP contribution in [0.4, 0.5) is 0 Å². The monoisotopic (exact) mass is 460 g/mol. The molecule has 0 radical (unpaired) electrons. The van der Waals surface area contributed by atoms with Crippen molar-refractivity contribution in [1.29, 1.82) is 0 Å².